The Hall–Kier alpha value is -1.36. The van der Waals surface area contributed by atoms with E-state index in [0.29, 0.717) is 11.7 Å². The molecule has 0 bridgehead atoms. The van der Waals surface area contributed by atoms with Crippen LogP contribution in [0.3, 0.4) is 0 Å². The molecular weight excluding hydrogens is 264 g/mol. The van der Waals surface area contributed by atoms with Gasteiger partial charge >= 0.3 is 10.4 Å². The predicted molar refractivity (Wildman–Crippen MR) is 63.0 cm³/mol. The number of guanidine groups is 1. The topological polar surface area (TPSA) is 140 Å². The molecule has 1 heterocycles. The second-order valence-corrected chi connectivity index (χ2v) is 4.50. The highest BCUT2D eigenvalue weighted by molar-refractivity contribution is 7.80. The fraction of sp³-hybridized carbons (Fsp3) is 0.625. The SMILES string of the molecule is CCCCOC1=CC(N)N(OS(=O)(=O)O)C(N)=N1. The largest absolute Gasteiger partial charge is 0.478 e. The van der Waals surface area contributed by atoms with Crippen molar-refractivity contribution in [1.82, 2.24) is 5.06 Å². The summed E-state index contributed by atoms with van der Waals surface area (Å²) >= 11 is 0. The molecule has 10 heteroatoms. The van der Waals surface area contributed by atoms with E-state index < -0.39 is 16.6 Å². The van der Waals surface area contributed by atoms with Crippen molar-refractivity contribution in [1.29, 1.82) is 0 Å². The predicted octanol–water partition coefficient (Wildman–Crippen LogP) is -0.706. The molecule has 9 nitrogen and oxygen atoms in total. The number of nitrogens with two attached hydrogens (primary N) is 2. The zero-order valence-electron chi connectivity index (χ0n) is 9.81. The fourth-order valence-corrected chi connectivity index (χ4v) is 1.54. The molecule has 0 saturated carbocycles. The molecule has 1 atom stereocenters. The minimum absolute atomic E-state index is 0.184. The highest BCUT2D eigenvalue weighted by atomic mass is 32.3. The van der Waals surface area contributed by atoms with Gasteiger partial charge in [-0.15, -0.1) is 4.28 Å². The lowest BCUT2D eigenvalue weighted by Gasteiger charge is -2.27. The number of hydrogen-bond acceptors (Lipinski definition) is 8. The summed E-state index contributed by atoms with van der Waals surface area (Å²) in [5, 5.41) is 0.558. The zero-order valence-corrected chi connectivity index (χ0v) is 10.6. The first-order valence-electron chi connectivity index (χ1n) is 5.24. The monoisotopic (exact) mass is 280 g/mol. The summed E-state index contributed by atoms with van der Waals surface area (Å²) in [7, 11) is -4.71. The first-order valence-corrected chi connectivity index (χ1v) is 6.60. The van der Waals surface area contributed by atoms with Crippen LogP contribution in [0, 0.1) is 0 Å². The van der Waals surface area contributed by atoms with Gasteiger partial charge in [-0.3, -0.25) is 4.55 Å². The molecule has 104 valence electrons. The molecule has 1 aliphatic rings. The van der Waals surface area contributed by atoms with Gasteiger partial charge in [0.25, 0.3) is 0 Å². The van der Waals surface area contributed by atoms with E-state index >= 15 is 0 Å². The number of nitrogens with zero attached hydrogens (tertiary/aromatic N) is 2. The molecule has 0 fully saturated rings. The van der Waals surface area contributed by atoms with Crippen LogP contribution < -0.4 is 11.5 Å². The summed E-state index contributed by atoms with van der Waals surface area (Å²) in [4.78, 5) is 3.75. The van der Waals surface area contributed by atoms with Gasteiger partial charge in [0.1, 0.15) is 6.17 Å². The molecule has 0 radical (unpaired) electrons. The molecule has 5 N–H and O–H groups in total. The van der Waals surface area contributed by atoms with Gasteiger partial charge in [-0.05, 0) is 6.42 Å². The van der Waals surface area contributed by atoms with Crippen molar-refractivity contribution in [2.24, 2.45) is 16.5 Å². The number of hydrogen-bond donors (Lipinski definition) is 3. The summed E-state index contributed by atoms with van der Waals surface area (Å²) in [6, 6.07) is 0. The van der Waals surface area contributed by atoms with Crippen molar-refractivity contribution in [2.45, 2.75) is 25.9 Å². The Labute approximate surface area is 105 Å². The zero-order chi connectivity index (χ0) is 13.8. The van der Waals surface area contributed by atoms with E-state index in [9.17, 15) is 8.42 Å². The Morgan fingerprint density at radius 1 is 1.61 bits per heavy atom. The lowest BCUT2D eigenvalue weighted by atomic mass is 10.3. The van der Waals surface area contributed by atoms with Crippen molar-refractivity contribution < 1.29 is 22.0 Å². The fourth-order valence-electron chi connectivity index (χ4n) is 1.16. The maximum Gasteiger partial charge on any atom is 0.418 e. The molecular formula is C8H16N4O5S. The number of aliphatic imine (C=N–C) groups is 1. The Kier molecular flexibility index (Phi) is 4.90. The van der Waals surface area contributed by atoms with Crippen LogP contribution in [-0.4, -0.2) is 36.8 Å². The second-order valence-electron chi connectivity index (χ2n) is 3.50. The van der Waals surface area contributed by atoms with Crippen LogP contribution >= 0.6 is 0 Å². The van der Waals surface area contributed by atoms with Crippen LogP contribution in [0.25, 0.3) is 0 Å². The third-order valence-electron chi connectivity index (χ3n) is 1.96. The van der Waals surface area contributed by atoms with E-state index in [0.717, 1.165) is 12.8 Å². The summed E-state index contributed by atoms with van der Waals surface area (Å²) in [5.74, 6) is -0.141. The summed E-state index contributed by atoms with van der Waals surface area (Å²) in [6.45, 7) is 2.45. The van der Waals surface area contributed by atoms with E-state index in [2.05, 4.69) is 9.28 Å². The van der Waals surface area contributed by atoms with Crippen molar-refractivity contribution in [3.8, 4) is 0 Å². The lowest BCUT2D eigenvalue weighted by molar-refractivity contribution is -0.0150. The Bertz CT molecular complexity index is 446. The average Bonchev–Trinajstić information content (AvgIpc) is 2.23. The van der Waals surface area contributed by atoms with Gasteiger partial charge in [-0.2, -0.15) is 18.5 Å². The van der Waals surface area contributed by atoms with Gasteiger partial charge in [0.2, 0.25) is 11.8 Å². The van der Waals surface area contributed by atoms with Gasteiger partial charge in [0.15, 0.2) is 0 Å². The first kappa shape index (κ1) is 14.7. The Balaban J connectivity index is 2.68. The van der Waals surface area contributed by atoms with Crippen molar-refractivity contribution in [3.05, 3.63) is 12.0 Å². The molecule has 0 aromatic carbocycles. The molecule has 0 saturated heterocycles. The van der Waals surface area contributed by atoms with E-state index in [1.165, 1.54) is 6.08 Å². The summed E-state index contributed by atoms with van der Waals surface area (Å²) in [5.41, 5.74) is 11.0. The molecule has 0 aromatic rings. The van der Waals surface area contributed by atoms with Crippen LogP contribution in [0.4, 0.5) is 0 Å². The van der Waals surface area contributed by atoms with Crippen LogP contribution in [0.5, 0.6) is 0 Å². The number of rotatable bonds is 6. The normalized spacial score (nSPS) is 20.4. The van der Waals surface area contributed by atoms with Crippen LogP contribution in [0.2, 0.25) is 0 Å². The van der Waals surface area contributed by atoms with Gasteiger partial charge in [-0.25, -0.2) is 0 Å². The van der Waals surface area contributed by atoms with E-state index in [4.69, 9.17) is 20.8 Å². The smallest absolute Gasteiger partial charge is 0.418 e. The maximum atomic E-state index is 10.6. The van der Waals surface area contributed by atoms with Gasteiger partial charge in [0, 0.05) is 6.08 Å². The highest BCUT2D eigenvalue weighted by Gasteiger charge is 2.26. The molecule has 0 aliphatic carbocycles. The Morgan fingerprint density at radius 2 is 2.28 bits per heavy atom. The average molecular weight is 280 g/mol. The number of unbranched alkanes of at least 4 members (excludes halogenated alkanes) is 1. The molecule has 1 aliphatic heterocycles. The van der Waals surface area contributed by atoms with Crippen LogP contribution in [0.15, 0.2) is 17.0 Å². The molecule has 0 aromatic heterocycles. The lowest BCUT2D eigenvalue weighted by Crippen LogP contribution is -2.51. The van der Waals surface area contributed by atoms with Crippen molar-refractivity contribution in [2.75, 3.05) is 6.61 Å². The number of ether oxygens (including phenoxy) is 1. The molecule has 0 spiro atoms. The van der Waals surface area contributed by atoms with Crippen molar-refractivity contribution in [3.63, 3.8) is 0 Å². The first-order chi connectivity index (χ1) is 8.33. The minimum atomic E-state index is -4.71. The second kappa shape index (κ2) is 6.00. The van der Waals surface area contributed by atoms with Gasteiger partial charge in [-0.1, -0.05) is 13.3 Å². The molecule has 1 unspecified atom stereocenters. The molecule has 0 amide bonds. The van der Waals surface area contributed by atoms with E-state index in [-0.39, 0.29) is 11.8 Å². The highest BCUT2D eigenvalue weighted by Crippen LogP contribution is 2.13. The molecule has 1 rings (SSSR count). The number of hydroxylamine groups is 2. The van der Waals surface area contributed by atoms with E-state index in [1.807, 2.05) is 6.92 Å². The summed E-state index contributed by atoms with van der Waals surface area (Å²) in [6.07, 6.45) is 2.09. The minimum Gasteiger partial charge on any atom is -0.478 e. The third-order valence-corrected chi connectivity index (χ3v) is 2.31. The third kappa shape index (κ3) is 4.49. The van der Waals surface area contributed by atoms with Crippen LogP contribution in [0.1, 0.15) is 19.8 Å². The standard InChI is InChI=1S/C8H16N4O5S/c1-2-3-4-16-7-5-6(9)12(8(10)11-7)17-18(13,14)15/h5-6H,2-4,9H2,1H3,(H2,10,11)(H,13,14,15). The summed E-state index contributed by atoms with van der Waals surface area (Å²) < 4.78 is 39.1. The van der Waals surface area contributed by atoms with Crippen molar-refractivity contribution >= 4 is 16.4 Å². The van der Waals surface area contributed by atoms with Crippen LogP contribution in [-0.2, 0) is 19.4 Å². The quantitative estimate of drug-likeness (QED) is 0.428. The Morgan fingerprint density at radius 3 is 2.78 bits per heavy atom. The van der Waals surface area contributed by atoms with Gasteiger partial charge in [0.05, 0.1) is 6.61 Å². The van der Waals surface area contributed by atoms with Gasteiger partial charge < -0.3 is 16.2 Å². The van der Waals surface area contributed by atoms with E-state index in [1.54, 1.807) is 0 Å². The maximum absolute atomic E-state index is 10.6. The molecule has 18 heavy (non-hydrogen) atoms.